The van der Waals surface area contributed by atoms with Crippen LogP contribution in [0.4, 0.5) is 0 Å². The van der Waals surface area contributed by atoms with Crippen LogP contribution < -0.4 is 9.47 Å². The van der Waals surface area contributed by atoms with E-state index in [1.54, 1.807) is 20.3 Å². The summed E-state index contributed by atoms with van der Waals surface area (Å²) in [7, 11) is 3.38. The van der Waals surface area contributed by atoms with Crippen molar-refractivity contribution in [2.45, 2.75) is 30.4 Å². The van der Waals surface area contributed by atoms with Crippen molar-refractivity contribution >= 4 is 5.78 Å². The van der Waals surface area contributed by atoms with E-state index in [0.29, 0.717) is 0 Å². The highest BCUT2D eigenvalue weighted by Gasteiger charge is 2.65. The minimum Gasteiger partial charge on any atom is -0.493 e. The normalized spacial score (nSPS) is 36.6. The zero-order valence-corrected chi connectivity index (χ0v) is 13.2. The third-order valence-corrected chi connectivity index (χ3v) is 6.11. The third kappa shape index (κ3) is 1.43. The monoisotopic (exact) mass is 313 g/mol. The molecule has 0 saturated carbocycles. The molecular formula is C18H19NO4. The molecular weight excluding hydrogens is 294 g/mol. The maximum atomic E-state index is 12.6. The molecule has 4 aliphatic rings. The van der Waals surface area contributed by atoms with Gasteiger partial charge in [0.05, 0.1) is 19.6 Å². The van der Waals surface area contributed by atoms with E-state index >= 15 is 0 Å². The molecule has 120 valence electrons. The molecule has 1 saturated heterocycles. The van der Waals surface area contributed by atoms with Crippen LogP contribution in [0.1, 0.15) is 17.5 Å². The smallest absolute Gasteiger partial charge is 0.196 e. The molecule has 2 aliphatic heterocycles. The van der Waals surface area contributed by atoms with Crippen LogP contribution in [0.25, 0.3) is 0 Å². The number of hydrogen-bond donors (Lipinski definition) is 0. The van der Waals surface area contributed by atoms with Crippen molar-refractivity contribution in [2.24, 2.45) is 5.92 Å². The molecule has 23 heavy (non-hydrogen) atoms. The number of nitrogens with zero attached hydrogens (tertiary/aromatic N) is 1. The van der Waals surface area contributed by atoms with Gasteiger partial charge in [0, 0.05) is 24.1 Å². The number of ketones is 1. The summed E-state index contributed by atoms with van der Waals surface area (Å²) < 4.78 is 11.7. The fourth-order valence-electron chi connectivity index (χ4n) is 5.24. The van der Waals surface area contributed by atoms with Crippen LogP contribution >= 0.6 is 0 Å². The van der Waals surface area contributed by atoms with Crippen LogP contribution in [0.2, 0.25) is 0 Å². The van der Waals surface area contributed by atoms with Gasteiger partial charge in [-0.25, -0.2) is 0 Å². The lowest BCUT2D eigenvalue weighted by Crippen LogP contribution is -2.64. The summed E-state index contributed by atoms with van der Waals surface area (Å²) in [5, 5.41) is 2.07. The molecule has 0 aromatic heterocycles. The molecule has 1 aromatic carbocycles. The highest BCUT2D eigenvalue weighted by atomic mass is 16.7. The lowest BCUT2D eigenvalue weighted by molar-refractivity contribution is -0.205. The van der Waals surface area contributed by atoms with Gasteiger partial charge in [0.1, 0.15) is 0 Å². The summed E-state index contributed by atoms with van der Waals surface area (Å²) in [6, 6.07) is 4.32. The van der Waals surface area contributed by atoms with Crippen molar-refractivity contribution in [2.75, 3.05) is 20.8 Å². The largest absolute Gasteiger partial charge is 0.493 e. The van der Waals surface area contributed by atoms with Gasteiger partial charge in [-0.1, -0.05) is 12.1 Å². The van der Waals surface area contributed by atoms with Gasteiger partial charge in [0.25, 0.3) is 0 Å². The zero-order chi connectivity index (χ0) is 15.8. The van der Waals surface area contributed by atoms with E-state index in [9.17, 15) is 4.79 Å². The molecule has 5 nitrogen and oxygen atoms in total. The minimum atomic E-state index is -0.427. The zero-order valence-electron chi connectivity index (χ0n) is 13.2. The Hall–Kier alpha value is -1.85. The molecule has 1 aromatic rings. The first-order chi connectivity index (χ1) is 11.2. The van der Waals surface area contributed by atoms with E-state index < -0.39 is 6.10 Å². The molecule has 5 rings (SSSR count). The number of piperidine rings is 1. The van der Waals surface area contributed by atoms with Gasteiger partial charge in [-0.15, -0.1) is 0 Å². The van der Waals surface area contributed by atoms with Crippen LogP contribution in [0.3, 0.4) is 0 Å². The number of carbonyl (C=O) groups excluding carboxylic acids is 1. The van der Waals surface area contributed by atoms with E-state index in [1.165, 1.54) is 11.1 Å². The molecule has 2 heterocycles. The van der Waals surface area contributed by atoms with Crippen LogP contribution in [-0.4, -0.2) is 43.8 Å². The molecule has 0 amide bonds. The predicted molar refractivity (Wildman–Crippen MR) is 82.5 cm³/mol. The third-order valence-electron chi connectivity index (χ3n) is 6.11. The first-order valence-electron chi connectivity index (χ1n) is 8.10. The molecule has 1 fully saturated rings. The maximum absolute atomic E-state index is 12.6. The fourth-order valence-corrected chi connectivity index (χ4v) is 5.24. The van der Waals surface area contributed by atoms with Crippen LogP contribution in [0.5, 0.6) is 11.5 Å². The second-order valence-corrected chi connectivity index (χ2v) is 6.80. The average Bonchev–Trinajstić information content (AvgIpc) is 2.91. The molecule has 5 heteroatoms. The number of ether oxygens (including phenoxy) is 2. The Kier molecular flexibility index (Phi) is 2.58. The number of hydrogen-bond acceptors (Lipinski definition) is 5. The maximum Gasteiger partial charge on any atom is 0.196 e. The molecule has 2 aliphatic carbocycles. The first kappa shape index (κ1) is 13.6. The Morgan fingerprint density at radius 1 is 1.35 bits per heavy atom. The van der Waals surface area contributed by atoms with Gasteiger partial charge in [0.2, 0.25) is 0 Å². The topological polar surface area (TPSA) is 48.0 Å². The van der Waals surface area contributed by atoms with Crippen LogP contribution in [-0.2, 0) is 21.5 Å². The summed E-state index contributed by atoms with van der Waals surface area (Å²) >= 11 is 0. The Bertz CT molecular complexity index is 743. The van der Waals surface area contributed by atoms with E-state index in [-0.39, 0.29) is 23.2 Å². The molecule has 0 unspecified atom stereocenters. The quantitative estimate of drug-likeness (QED) is 0.831. The predicted octanol–water partition coefficient (Wildman–Crippen LogP) is 1.64. The Balaban J connectivity index is 1.80. The molecule has 0 radical (unpaired) electrons. The van der Waals surface area contributed by atoms with Crippen molar-refractivity contribution in [1.82, 2.24) is 5.06 Å². The molecule has 0 N–H and O–H groups in total. The lowest BCUT2D eigenvalue weighted by atomic mass is 9.54. The Morgan fingerprint density at radius 2 is 2.22 bits per heavy atom. The van der Waals surface area contributed by atoms with E-state index in [4.69, 9.17) is 14.3 Å². The van der Waals surface area contributed by atoms with Crippen molar-refractivity contribution in [3.05, 3.63) is 35.4 Å². The number of hydroxylamine groups is 2. The second-order valence-electron chi connectivity index (χ2n) is 6.80. The number of rotatable bonds is 2. The molecule has 2 bridgehead atoms. The summed E-state index contributed by atoms with van der Waals surface area (Å²) in [6.45, 7) is 0.814. The van der Waals surface area contributed by atoms with Gasteiger partial charge >= 0.3 is 0 Å². The van der Waals surface area contributed by atoms with Gasteiger partial charge in [-0.3, -0.25) is 4.79 Å². The highest BCUT2D eigenvalue weighted by molar-refractivity contribution is 5.98. The Labute approximate surface area is 134 Å². The fraction of sp³-hybridized carbons (Fsp3) is 0.500. The van der Waals surface area contributed by atoms with E-state index in [1.807, 2.05) is 6.07 Å². The molecule has 1 spiro atoms. The lowest BCUT2D eigenvalue weighted by Gasteiger charge is -2.55. The summed E-state index contributed by atoms with van der Waals surface area (Å²) in [6.07, 6.45) is 5.11. The molecule has 4 atom stereocenters. The summed E-state index contributed by atoms with van der Waals surface area (Å²) in [4.78, 5) is 18.2. The second kappa shape index (κ2) is 4.36. The van der Waals surface area contributed by atoms with Crippen molar-refractivity contribution in [1.29, 1.82) is 0 Å². The van der Waals surface area contributed by atoms with Gasteiger partial charge < -0.3 is 14.3 Å². The van der Waals surface area contributed by atoms with Crippen molar-refractivity contribution < 1.29 is 19.1 Å². The highest BCUT2D eigenvalue weighted by Crippen LogP contribution is 2.61. The number of benzene rings is 1. The minimum absolute atomic E-state index is 0.0666. The standard InChI is InChI=1S/C18H19NO4/c1-21-14-6-3-10-9-12-11-4-5-13(20)17-18(11,7-8-19(12)22-2)15(10)16(14)23-17/h3-6,11-12,17H,7-9H2,1-2H3/t11-,12+,17-,18-/m0/s1. The number of methoxy groups -OCH3 is 1. The number of carbonyl (C=O) groups is 1. The van der Waals surface area contributed by atoms with E-state index in [2.05, 4.69) is 17.2 Å². The first-order valence-corrected chi connectivity index (χ1v) is 8.10. The SMILES string of the molecule is COc1ccc2c3c1O[C@H]1C(=O)C=C[C@H]4[C@@H](C2)N(OC)CC[C@]314. The van der Waals surface area contributed by atoms with Crippen LogP contribution in [0.15, 0.2) is 24.3 Å². The average molecular weight is 313 g/mol. The van der Waals surface area contributed by atoms with Gasteiger partial charge in [-0.05, 0) is 30.5 Å². The summed E-state index contributed by atoms with van der Waals surface area (Å²) in [5.41, 5.74) is 2.20. The van der Waals surface area contributed by atoms with Gasteiger partial charge in [0.15, 0.2) is 23.4 Å². The van der Waals surface area contributed by atoms with Crippen molar-refractivity contribution in [3.63, 3.8) is 0 Å². The van der Waals surface area contributed by atoms with Gasteiger partial charge in [-0.2, -0.15) is 5.06 Å². The van der Waals surface area contributed by atoms with Crippen LogP contribution in [0, 0.1) is 5.92 Å². The summed E-state index contributed by atoms with van der Waals surface area (Å²) in [5.74, 6) is 1.81. The van der Waals surface area contributed by atoms with Crippen molar-refractivity contribution in [3.8, 4) is 11.5 Å². The van der Waals surface area contributed by atoms with E-state index in [0.717, 1.165) is 30.9 Å². The Morgan fingerprint density at radius 3 is 3.00 bits per heavy atom.